The summed E-state index contributed by atoms with van der Waals surface area (Å²) in [5, 5.41) is 8.26. The predicted molar refractivity (Wildman–Crippen MR) is 103 cm³/mol. The standard InChI is InChI=1S/C20H25N3O3/c1-14(2)22-20(25)23-17-10-8-16(9-11-17)19(24)21-12-13-26-18-7-5-4-6-15(18)3/h4-11,14H,12-13H2,1-3H3,(H,21,24)(H2,22,23,25). The van der Waals surface area contributed by atoms with Gasteiger partial charge in [0.15, 0.2) is 0 Å². The van der Waals surface area contributed by atoms with Crippen LogP contribution in [0.25, 0.3) is 0 Å². The predicted octanol–water partition coefficient (Wildman–Crippen LogP) is 3.33. The number of carbonyl (C=O) groups is 2. The molecule has 0 spiro atoms. The van der Waals surface area contributed by atoms with E-state index in [2.05, 4.69) is 16.0 Å². The van der Waals surface area contributed by atoms with E-state index in [0.717, 1.165) is 11.3 Å². The number of urea groups is 1. The van der Waals surface area contributed by atoms with Crippen LogP contribution in [0.3, 0.4) is 0 Å². The molecule has 0 radical (unpaired) electrons. The van der Waals surface area contributed by atoms with Crippen molar-refractivity contribution in [2.24, 2.45) is 0 Å². The maximum Gasteiger partial charge on any atom is 0.319 e. The summed E-state index contributed by atoms with van der Waals surface area (Å²) in [6.07, 6.45) is 0. The number of anilines is 1. The zero-order valence-corrected chi connectivity index (χ0v) is 15.3. The molecule has 0 atom stereocenters. The summed E-state index contributed by atoms with van der Waals surface area (Å²) in [6.45, 7) is 6.55. The first-order valence-electron chi connectivity index (χ1n) is 8.60. The molecule has 0 saturated carbocycles. The highest BCUT2D eigenvalue weighted by molar-refractivity contribution is 5.95. The molecule has 138 valence electrons. The summed E-state index contributed by atoms with van der Waals surface area (Å²) in [6, 6.07) is 14.3. The van der Waals surface area contributed by atoms with Crippen molar-refractivity contribution in [3.8, 4) is 5.75 Å². The molecule has 0 bridgehead atoms. The summed E-state index contributed by atoms with van der Waals surface area (Å²) in [4.78, 5) is 23.8. The second kappa shape index (κ2) is 9.46. The molecule has 2 aromatic carbocycles. The van der Waals surface area contributed by atoms with Gasteiger partial charge in [-0.1, -0.05) is 18.2 Å². The van der Waals surface area contributed by atoms with E-state index in [1.165, 1.54) is 0 Å². The first-order chi connectivity index (χ1) is 12.5. The molecule has 0 unspecified atom stereocenters. The minimum absolute atomic E-state index is 0.0574. The van der Waals surface area contributed by atoms with E-state index in [1.807, 2.05) is 45.0 Å². The minimum Gasteiger partial charge on any atom is -0.491 e. The average molecular weight is 355 g/mol. The Labute approximate surface area is 153 Å². The first kappa shape index (κ1) is 19.3. The first-order valence-corrected chi connectivity index (χ1v) is 8.60. The van der Waals surface area contributed by atoms with Crippen LogP contribution in [0.5, 0.6) is 5.75 Å². The maximum atomic E-state index is 12.1. The molecule has 6 nitrogen and oxygen atoms in total. The Morgan fingerprint density at radius 1 is 1.04 bits per heavy atom. The number of para-hydroxylation sites is 1. The van der Waals surface area contributed by atoms with Crippen LogP contribution in [-0.4, -0.2) is 31.1 Å². The van der Waals surface area contributed by atoms with Gasteiger partial charge in [0.1, 0.15) is 12.4 Å². The molecular formula is C20H25N3O3. The number of nitrogens with one attached hydrogen (secondary N) is 3. The Hall–Kier alpha value is -3.02. The average Bonchev–Trinajstić information content (AvgIpc) is 2.60. The molecule has 0 aliphatic rings. The number of carbonyl (C=O) groups excluding carboxylic acids is 2. The van der Waals surface area contributed by atoms with E-state index in [0.29, 0.717) is 24.4 Å². The van der Waals surface area contributed by atoms with Crippen molar-refractivity contribution >= 4 is 17.6 Å². The molecule has 0 heterocycles. The zero-order valence-electron chi connectivity index (χ0n) is 15.3. The van der Waals surface area contributed by atoms with Crippen LogP contribution < -0.4 is 20.7 Å². The van der Waals surface area contributed by atoms with Crippen molar-refractivity contribution in [2.45, 2.75) is 26.8 Å². The molecule has 0 aromatic heterocycles. The van der Waals surface area contributed by atoms with Crippen LogP contribution in [0.15, 0.2) is 48.5 Å². The Morgan fingerprint density at radius 2 is 1.73 bits per heavy atom. The highest BCUT2D eigenvalue weighted by Crippen LogP contribution is 2.15. The van der Waals surface area contributed by atoms with Gasteiger partial charge in [-0.25, -0.2) is 4.79 Å². The van der Waals surface area contributed by atoms with E-state index in [4.69, 9.17) is 4.74 Å². The van der Waals surface area contributed by atoms with Crippen LogP contribution in [0, 0.1) is 6.92 Å². The van der Waals surface area contributed by atoms with Gasteiger partial charge in [0.2, 0.25) is 0 Å². The third-order valence-electron chi connectivity index (χ3n) is 3.56. The summed E-state index contributed by atoms with van der Waals surface area (Å²) < 4.78 is 5.65. The fraction of sp³-hybridized carbons (Fsp3) is 0.300. The number of hydrogen-bond acceptors (Lipinski definition) is 3. The number of amides is 3. The number of aryl methyl sites for hydroxylation is 1. The van der Waals surface area contributed by atoms with Gasteiger partial charge in [-0.3, -0.25) is 4.79 Å². The molecule has 26 heavy (non-hydrogen) atoms. The Morgan fingerprint density at radius 3 is 2.38 bits per heavy atom. The molecule has 2 rings (SSSR count). The van der Waals surface area contributed by atoms with Crippen molar-refractivity contribution in [3.63, 3.8) is 0 Å². The number of rotatable bonds is 7. The van der Waals surface area contributed by atoms with Crippen molar-refractivity contribution < 1.29 is 14.3 Å². The van der Waals surface area contributed by atoms with Crippen molar-refractivity contribution in [1.29, 1.82) is 0 Å². The van der Waals surface area contributed by atoms with Gasteiger partial charge in [0.25, 0.3) is 5.91 Å². The molecule has 3 N–H and O–H groups in total. The van der Waals surface area contributed by atoms with Crippen LogP contribution in [-0.2, 0) is 0 Å². The second-order valence-electron chi connectivity index (χ2n) is 6.20. The van der Waals surface area contributed by atoms with E-state index < -0.39 is 0 Å². The van der Waals surface area contributed by atoms with Crippen LogP contribution >= 0.6 is 0 Å². The molecule has 0 saturated heterocycles. The lowest BCUT2D eigenvalue weighted by atomic mass is 10.2. The number of hydrogen-bond donors (Lipinski definition) is 3. The SMILES string of the molecule is Cc1ccccc1OCCNC(=O)c1ccc(NC(=O)NC(C)C)cc1. The van der Waals surface area contributed by atoms with Gasteiger partial charge < -0.3 is 20.7 Å². The third-order valence-corrected chi connectivity index (χ3v) is 3.56. The van der Waals surface area contributed by atoms with Gasteiger partial charge in [0, 0.05) is 17.3 Å². The smallest absolute Gasteiger partial charge is 0.319 e. The lowest BCUT2D eigenvalue weighted by molar-refractivity contribution is 0.0947. The quantitative estimate of drug-likeness (QED) is 0.667. The van der Waals surface area contributed by atoms with Crippen molar-refractivity contribution in [1.82, 2.24) is 10.6 Å². The third kappa shape index (κ3) is 6.12. The summed E-state index contributed by atoms with van der Waals surface area (Å²) >= 11 is 0. The summed E-state index contributed by atoms with van der Waals surface area (Å²) in [5.41, 5.74) is 2.21. The Kier molecular flexibility index (Phi) is 7.02. The monoisotopic (exact) mass is 355 g/mol. The Balaban J connectivity index is 1.77. The second-order valence-corrected chi connectivity index (χ2v) is 6.20. The number of benzene rings is 2. The maximum absolute atomic E-state index is 12.1. The van der Waals surface area contributed by atoms with Gasteiger partial charge in [-0.05, 0) is 56.7 Å². The van der Waals surface area contributed by atoms with E-state index in [1.54, 1.807) is 24.3 Å². The molecule has 0 aliphatic heterocycles. The van der Waals surface area contributed by atoms with Crippen molar-refractivity contribution in [3.05, 3.63) is 59.7 Å². The normalized spacial score (nSPS) is 10.3. The lowest BCUT2D eigenvalue weighted by Gasteiger charge is -2.11. The van der Waals surface area contributed by atoms with Gasteiger partial charge in [0.05, 0.1) is 6.54 Å². The summed E-state index contributed by atoms with van der Waals surface area (Å²) in [7, 11) is 0. The lowest BCUT2D eigenvalue weighted by Crippen LogP contribution is -2.34. The van der Waals surface area contributed by atoms with Crippen LogP contribution in [0.1, 0.15) is 29.8 Å². The van der Waals surface area contributed by atoms with Crippen LogP contribution in [0.2, 0.25) is 0 Å². The topological polar surface area (TPSA) is 79.5 Å². The molecular weight excluding hydrogens is 330 g/mol. The fourth-order valence-corrected chi connectivity index (χ4v) is 2.28. The van der Waals surface area contributed by atoms with Gasteiger partial charge in [-0.15, -0.1) is 0 Å². The zero-order chi connectivity index (χ0) is 18.9. The van der Waals surface area contributed by atoms with Crippen molar-refractivity contribution in [2.75, 3.05) is 18.5 Å². The fourth-order valence-electron chi connectivity index (χ4n) is 2.28. The minimum atomic E-state index is -0.273. The molecule has 2 aromatic rings. The van der Waals surface area contributed by atoms with Gasteiger partial charge >= 0.3 is 6.03 Å². The number of ether oxygens (including phenoxy) is 1. The van der Waals surface area contributed by atoms with Gasteiger partial charge in [-0.2, -0.15) is 0 Å². The molecule has 3 amide bonds. The Bertz CT molecular complexity index is 742. The highest BCUT2D eigenvalue weighted by atomic mass is 16.5. The van der Waals surface area contributed by atoms with E-state index in [9.17, 15) is 9.59 Å². The highest BCUT2D eigenvalue weighted by Gasteiger charge is 2.07. The van der Waals surface area contributed by atoms with E-state index >= 15 is 0 Å². The molecule has 0 aliphatic carbocycles. The molecule has 0 fully saturated rings. The van der Waals surface area contributed by atoms with E-state index in [-0.39, 0.29) is 18.0 Å². The summed E-state index contributed by atoms with van der Waals surface area (Å²) in [5.74, 6) is 0.633. The van der Waals surface area contributed by atoms with Crippen LogP contribution in [0.4, 0.5) is 10.5 Å². The molecule has 6 heteroatoms. The largest absolute Gasteiger partial charge is 0.491 e.